The number of rotatable bonds is 5. The van der Waals surface area contributed by atoms with Crippen LogP contribution in [0.25, 0.3) is 0 Å². The maximum Gasteiger partial charge on any atom is 0.234 e. The zero-order valence-electron chi connectivity index (χ0n) is 17.1. The van der Waals surface area contributed by atoms with E-state index >= 15 is 0 Å². The molecule has 3 aromatic rings. The van der Waals surface area contributed by atoms with Gasteiger partial charge in [-0.3, -0.25) is 4.79 Å². The van der Waals surface area contributed by atoms with Crippen LogP contribution < -0.4 is 10.2 Å². The first kappa shape index (κ1) is 19.3. The van der Waals surface area contributed by atoms with Crippen LogP contribution in [0.15, 0.2) is 84.9 Å². The molecule has 148 valence electrons. The lowest BCUT2D eigenvalue weighted by Crippen LogP contribution is -2.46. The Morgan fingerprint density at radius 1 is 0.966 bits per heavy atom. The fourth-order valence-corrected chi connectivity index (χ4v) is 4.43. The number of hydrogen-bond acceptors (Lipinski definition) is 2. The van der Waals surface area contributed by atoms with Crippen molar-refractivity contribution in [3.05, 3.63) is 96.1 Å². The molecule has 0 unspecified atom stereocenters. The largest absolute Gasteiger partial charge is 0.378 e. The zero-order chi connectivity index (χ0) is 20.2. The van der Waals surface area contributed by atoms with E-state index in [2.05, 4.69) is 61.6 Å². The number of nitrogens with one attached hydrogen (secondary N) is 1. The van der Waals surface area contributed by atoms with E-state index in [9.17, 15) is 4.79 Å². The van der Waals surface area contributed by atoms with Gasteiger partial charge in [0.25, 0.3) is 0 Å². The summed E-state index contributed by atoms with van der Waals surface area (Å²) >= 11 is 0. The summed E-state index contributed by atoms with van der Waals surface area (Å²) in [7, 11) is 0. The van der Waals surface area contributed by atoms with Gasteiger partial charge in [0.15, 0.2) is 0 Å². The molecule has 1 heterocycles. The summed E-state index contributed by atoms with van der Waals surface area (Å²) < 4.78 is 0. The van der Waals surface area contributed by atoms with Crippen molar-refractivity contribution in [2.45, 2.75) is 44.7 Å². The smallest absolute Gasteiger partial charge is 0.234 e. The van der Waals surface area contributed by atoms with Crippen molar-refractivity contribution >= 4 is 17.3 Å². The number of nitrogens with zero attached hydrogens (tertiary/aromatic N) is 1. The minimum Gasteiger partial charge on any atom is -0.378 e. The number of amides is 1. The minimum absolute atomic E-state index is 0.120. The third-order valence-electron chi connectivity index (χ3n) is 5.85. The maximum atomic E-state index is 13.7. The maximum absolute atomic E-state index is 13.7. The van der Waals surface area contributed by atoms with Crippen LogP contribution in [0, 0.1) is 0 Å². The Hall–Kier alpha value is -3.07. The normalized spacial score (nSPS) is 19.3. The quantitative estimate of drug-likeness (QED) is 0.571. The van der Waals surface area contributed by atoms with Gasteiger partial charge in [-0.15, -0.1) is 0 Å². The zero-order valence-corrected chi connectivity index (χ0v) is 17.1. The number of anilines is 2. The van der Waals surface area contributed by atoms with Gasteiger partial charge < -0.3 is 10.2 Å². The van der Waals surface area contributed by atoms with Gasteiger partial charge in [0.05, 0.1) is 12.0 Å². The fourth-order valence-electron chi connectivity index (χ4n) is 4.43. The molecule has 0 aromatic heterocycles. The van der Waals surface area contributed by atoms with Crippen molar-refractivity contribution in [3.8, 4) is 0 Å². The van der Waals surface area contributed by atoms with E-state index in [1.165, 1.54) is 5.56 Å². The highest BCUT2D eigenvalue weighted by molar-refractivity contribution is 5.99. The average molecular weight is 385 g/mol. The summed E-state index contributed by atoms with van der Waals surface area (Å²) in [4.78, 5) is 15.7. The summed E-state index contributed by atoms with van der Waals surface area (Å²) in [5, 5.41) is 3.66. The highest BCUT2D eigenvalue weighted by atomic mass is 16.2. The van der Waals surface area contributed by atoms with Crippen molar-refractivity contribution < 1.29 is 4.79 Å². The molecule has 1 aliphatic rings. The summed E-state index contributed by atoms with van der Waals surface area (Å²) in [5.41, 5.74) is 4.41. The van der Waals surface area contributed by atoms with Gasteiger partial charge in [0.2, 0.25) is 5.91 Å². The average Bonchev–Trinajstić information content (AvgIpc) is 2.76. The summed E-state index contributed by atoms with van der Waals surface area (Å²) in [6, 6.07) is 29.1. The lowest BCUT2D eigenvalue weighted by atomic mass is 9.88. The Balaban J connectivity index is 1.67. The molecular formula is C26H28N2O. The van der Waals surface area contributed by atoms with Crippen molar-refractivity contribution in [1.29, 1.82) is 0 Å². The number of benzene rings is 3. The van der Waals surface area contributed by atoms with E-state index in [0.717, 1.165) is 29.8 Å². The van der Waals surface area contributed by atoms with Crippen LogP contribution in [0.1, 0.15) is 49.8 Å². The van der Waals surface area contributed by atoms with E-state index in [1.54, 1.807) is 0 Å². The lowest BCUT2D eigenvalue weighted by molar-refractivity contribution is -0.120. The molecule has 3 heteroatoms. The molecule has 0 saturated carbocycles. The van der Waals surface area contributed by atoms with Gasteiger partial charge in [-0.05, 0) is 49.1 Å². The second-order valence-electron chi connectivity index (χ2n) is 7.79. The topological polar surface area (TPSA) is 32.3 Å². The number of carbonyl (C=O) groups is 1. The standard InChI is InChI=1S/C26H28N2O/c1-3-22(20-12-6-4-7-13-20)26(29)28-19(2)18-24(23-16-10-11-17-25(23)28)27-21-14-8-5-9-15-21/h4-17,19,22,24,27H,3,18H2,1-2H3/t19-,22-,24+/m0/s1. The second-order valence-corrected chi connectivity index (χ2v) is 7.79. The molecule has 3 atom stereocenters. The third kappa shape index (κ3) is 3.91. The van der Waals surface area contributed by atoms with Crippen LogP contribution in [0.5, 0.6) is 0 Å². The molecule has 0 fully saturated rings. The van der Waals surface area contributed by atoms with Gasteiger partial charge in [-0.25, -0.2) is 0 Å². The first-order valence-electron chi connectivity index (χ1n) is 10.5. The molecule has 1 aliphatic heterocycles. The highest BCUT2D eigenvalue weighted by Gasteiger charge is 2.36. The van der Waals surface area contributed by atoms with Gasteiger partial charge in [-0.2, -0.15) is 0 Å². The van der Waals surface area contributed by atoms with Gasteiger partial charge in [0, 0.05) is 17.4 Å². The Bertz CT molecular complexity index is 955. The molecule has 0 aliphatic carbocycles. The van der Waals surface area contributed by atoms with Crippen LogP contribution in [-0.4, -0.2) is 11.9 Å². The Morgan fingerprint density at radius 2 is 1.59 bits per heavy atom. The SMILES string of the molecule is CC[C@H](C(=O)N1c2ccccc2[C@H](Nc2ccccc2)C[C@@H]1C)c1ccccc1. The molecule has 1 N–H and O–H groups in total. The van der Waals surface area contributed by atoms with Crippen LogP contribution in [-0.2, 0) is 4.79 Å². The molecule has 29 heavy (non-hydrogen) atoms. The van der Waals surface area contributed by atoms with Gasteiger partial charge in [-0.1, -0.05) is 73.7 Å². The van der Waals surface area contributed by atoms with E-state index in [0.29, 0.717) is 0 Å². The molecule has 4 rings (SSSR count). The molecule has 0 saturated heterocycles. The van der Waals surface area contributed by atoms with E-state index < -0.39 is 0 Å². The molecule has 3 aromatic carbocycles. The van der Waals surface area contributed by atoms with Crippen LogP contribution >= 0.6 is 0 Å². The van der Waals surface area contributed by atoms with Crippen LogP contribution in [0.4, 0.5) is 11.4 Å². The van der Waals surface area contributed by atoms with Crippen molar-refractivity contribution in [1.82, 2.24) is 0 Å². The number of fused-ring (bicyclic) bond motifs is 1. The van der Waals surface area contributed by atoms with Crippen molar-refractivity contribution in [3.63, 3.8) is 0 Å². The predicted octanol–water partition coefficient (Wildman–Crippen LogP) is 6.16. The molecule has 3 nitrogen and oxygen atoms in total. The van der Waals surface area contributed by atoms with E-state index in [4.69, 9.17) is 0 Å². The van der Waals surface area contributed by atoms with Crippen molar-refractivity contribution in [2.75, 3.05) is 10.2 Å². The van der Waals surface area contributed by atoms with E-state index in [1.807, 2.05) is 47.4 Å². The highest BCUT2D eigenvalue weighted by Crippen LogP contribution is 2.40. The van der Waals surface area contributed by atoms with Crippen LogP contribution in [0.2, 0.25) is 0 Å². The number of carbonyl (C=O) groups excluding carboxylic acids is 1. The minimum atomic E-state index is -0.120. The fraction of sp³-hybridized carbons (Fsp3) is 0.269. The summed E-state index contributed by atoms with van der Waals surface area (Å²) in [6.07, 6.45) is 1.67. The first-order chi connectivity index (χ1) is 14.2. The second kappa shape index (κ2) is 8.52. The Labute approximate surface area is 173 Å². The van der Waals surface area contributed by atoms with Crippen LogP contribution in [0.3, 0.4) is 0 Å². The monoisotopic (exact) mass is 384 g/mol. The summed E-state index contributed by atoms with van der Waals surface area (Å²) in [5.74, 6) is 0.0714. The Kier molecular flexibility index (Phi) is 5.66. The van der Waals surface area contributed by atoms with E-state index in [-0.39, 0.29) is 23.9 Å². The number of hydrogen-bond donors (Lipinski definition) is 1. The summed E-state index contributed by atoms with van der Waals surface area (Å²) in [6.45, 7) is 4.25. The molecule has 0 spiro atoms. The number of para-hydroxylation sites is 2. The lowest BCUT2D eigenvalue weighted by Gasteiger charge is -2.41. The molecule has 0 bridgehead atoms. The molecule has 0 radical (unpaired) electrons. The third-order valence-corrected chi connectivity index (χ3v) is 5.85. The van der Waals surface area contributed by atoms with Gasteiger partial charge in [0.1, 0.15) is 0 Å². The molecular weight excluding hydrogens is 356 g/mol. The Morgan fingerprint density at radius 3 is 2.28 bits per heavy atom. The molecule has 1 amide bonds. The van der Waals surface area contributed by atoms with Gasteiger partial charge >= 0.3 is 0 Å². The van der Waals surface area contributed by atoms with Crippen molar-refractivity contribution in [2.24, 2.45) is 0 Å². The first-order valence-corrected chi connectivity index (χ1v) is 10.5. The predicted molar refractivity (Wildman–Crippen MR) is 120 cm³/mol.